The number of rotatable bonds is 7. The maximum Gasteiger partial charge on any atom is 0.316 e. The Bertz CT molecular complexity index is 836. The van der Waals surface area contributed by atoms with Crippen LogP contribution < -0.4 is 11.1 Å². The molecule has 6 nitrogen and oxygen atoms in total. The first-order valence-electron chi connectivity index (χ1n) is 7.91. The van der Waals surface area contributed by atoms with E-state index in [4.69, 9.17) is 10.5 Å². The number of anilines is 1. The van der Waals surface area contributed by atoms with Gasteiger partial charge in [0, 0.05) is 4.90 Å². The molecule has 0 unspecified atom stereocenters. The number of nitrogens with two attached hydrogens (primary N) is 1. The molecular weight excluding hydrogens is 352 g/mol. The highest BCUT2D eigenvalue weighted by Crippen LogP contribution is 2.23. The maximum absolute atomic E-state index is 11.9. The Balaban J connectivity index is 1.83. The number of ether oxygens (including phenoxy) is 1. The Morgan fingerprint density at radius 3 is 2.58 bits per heavy atom. The molecule has 0 fully saturated rings. The predicted molar refractivity (Wildman–Crippen MR) is 101 cm³/mol. The minimum atomic E-state index is -0.650. The molecule has 0 saturated heterocycles. The van der Waals surface area contributed by atoms with E-state index in [1.807, 2.05) is 32.0 Å². The van der Waals surface area contributed by atoms with Crippen LogP contribution in [-0.2, 0) is 14.3 Å². The lowest BCUT2D eigenvalue weighted by atomic mass is 10.1. The van der Waals surface area contributed by atoms with Gasteiger partial charge in [0.2, 0.25) is 0 Å². The van der Waals surface area contributed by atoms with Gasteiger partial charge in [-0.25, -0.2) is 0 Å². The number of carbonyl (C=O) groups is 3. The molecule has 0 saturated carbocycles. The fourth-order valence-electron chi connectivity index (χ4n) is 2.18. The molecule has 0 radical (unpaired) electrons. The number of carbonyl (C=O) groups excluding carboxylic acids is 3. The van der Waals surface area contributed by atoms with Gasteiger partial charge in [0.25, 0.3) is 11.8 Å². The monoisotopic (exact) mass is 372 g/mol. The van der Waals surface area contributed by atoms with Crippen LogP contribution >= 0.6 is 11.8 Å². The fraction of sp³-hybridized carbons (Fsp3) is 0.211. The van der Waals surface area contributed by atoms with E-state index in [1.165, 1.54) is 17.8 Å². The lowest BCUT2D eigenvalue weighted by Gasteiger charge is -2.10. The highest BCUT2D eigenvalue weighted by molar-refractivity contribution is 8.00. The number of hydrogen-bond donors (Lipinski definition) is 2. The fourth-order valence-corrected chi connectivity index (χ4v) is 3.10. The van der Waals surface area contributed by atoms with Crippen LogP contribution in [0.1, 0.15) is 21.5 Å². The Morgan fingerprint density at radius 1 is 1.12 bits per heavy atom. The first-order valence-corrected chi connectivity index (χ1v) is 8.89. The van der Waals surface area contributed by atoms with Crippen molar-refractivity contribution >= 4 is 35.2 Å². The largest absolute Gasteiger partial charge is 0.455 e. The topological polar surface area (TPSA) is 98.5 Å². The molecular formula is C19H20N2O4S. The van der Waals surface area contributed by atoms with E-state index in [1.54, 1.807) is 18.2 Å². The van der Waals surface area contributed by atoms with E-state index in [2.05, 4.69) is 5.32 Å². The number of benzene rings is 2. The second-order valence-corrected chi connectivity index (χ2v) is 6.69. The molecule has 0 atom stereocenters. The zero-order chi connectivity index (χ0) is 19.1. The van der Waals surface area contributed by atoms with E-state index in [9.17, 15) is 14.4 Å². The van der Waals surface area contributed by atoms with Crippen LogP contribution in [0.5, 0.6) is 0 Å². The second kappa shape index (κ2) is 9.05. The van der Waals surface area contributed by atoms with Crippen molar-refractivity contribution in [2.75, 3.05) is 17.7 Å². The van der Waals surface area contributed by atoms with E-state index in [0.29, 0.717) is 0 Å². The summed E-state index contributed by atoms with van der Waals surface area (Å²) in [4.78, 5) is 36.1. The first kappa shape index (κ1) is 19.5. The van der Waals surface area contributed by atoms with Gasteiger partial charge in [-0.05, 0) is 37.6 Å². The van der Waals surface area contributed by atoms with Crippen LogP contribution in [0.3, 0.4) is 0 Å². The minimum Gasteiger partial charge on any atom is -0.455 e. The Hall–Kier alpha value is -2.80. The predicted octanol–water partition coefficient (Wildman–Crippen LogP) is 2.68. The number of aryl methyl sites for hydroxylation is 2. The summed E-state index contributed by atoms with van der Waals surface area (Å²) in [5.74, 6) is -1.57. The van der Waals surface area contributed by atoms with Crippen molar-refractivity contribution in [3.63, 3.8) is 0 Å². The van der Waals surface area contributed by atoms with Crippen molar-refractivity contribution in [1.82, 2.24) is 0 Å². The molecule has 0 aromatic heterocycles. The summed E-state index contributed by atoms with van der Waals surface area (Å²) in [6, 6.07) is 12.4. The van der Waals surface area contributed by atoms with E-state index < -0.39 is 24.4 Å². The van der Waals surface area contributed by atoms with Gasteiger partial charge < -0.3 is 15.8 Å². The number of thioether (sulfide) groups is 1. The van der Waals surface area contributed by atoms with Gasteiger partial charge in [0.15, 0.2) is 6.61 Å². The highest BCUT2D eigenvalue weighted by atomic mass is 32.2. The summed E-state index contributed by atoms with van der Waals surface area (Å²) in [5, 5.41) is 2.51. The first-order chi connectivity index (χ1) is 12.4. The van der Waals surface area contributed by atoms with Crippen LogP contribution in [0.4, 0.5) is 5.69 Å². The molecule has 26 heavy (non-hydrogen) atoms. The Morgan fingerprint density at radius 2 is 1.85 bits per heavy atom. The maximum atomic E-state index is 11.9. The number of esters is 1. The number of nitrogens with one attached hydrogen (secondary N) is 1. The van der Waals surface area contributed by atoms with Crippen molar-refractivity contribution in [2.45, 2.75) is 18.7 Å². The Kier molecular flexibility index (Phi) is 6.80. The second-order valence-electron chi connectivity index (χ2n) is 5.68. The van der Waals surface area contributed by atoms with Gasteiger partial charge in [-0.3, -0.25) is 14.4 Å². The van der Waals surface area contributed by atoms with Gasteiger partial charge in [0.05, 0.1) is 17.0 Å². The third kappa shape index (κ3) is 5.63. The van der Waals surface area contributed by atoms with Crippen LogP contribution in [0, 0.1) is 13.8 Å². The summed E-state index contributed by atoms with van der Waals surface area (Å²) in [6.45, 7) is 3.52. The quantitative estimate of drug-likeness (QED) is 0.575. The lowest BCUT2D eigenvalue weighted by Crippen LogP contribution is -2.23. The Labute approximate surface area is 156 Å². The summed E-state index contributed by atoms with van der Waals surface area (Å²) in [7, 11) is 0. The third-order valence-corrected chi connectivity index (χ3v) is 4.65. The van der Waals surface area contributed by atoms with Gasteiger partial charge >= 0.3 is 5.97 Å². The zero-order valence-electron chi connectivity index (χ0n) is 14.6. The van der Waals surface area contributed by atoms with Gasteiger partial charge in [0.1, 0.15) is 0 Å². The number of primary amides is 1. The number of amides is 2. The molecule has 2 rings (SSSR count). The molecule has 2 aromatic rings. The van der Waals surface area contributed by atoms with E-state index in [-0.39, 0.29) is 17.0 Å². The van der Waals surface area contributed by atoms with Crippen molar-refractivity contribution in [1.29, 1.82) is 0 Å². The molecule has 2 amide bonds. The standard InChI is InChI=1S/C19H20N2O4S/c1-12-7-8-13(2)16(9-12)26-11-18(23)25-10-17(22)21-15-6-4-3-5-14(15)19(20)24/h3-9H,10-11H2,1-2H3,(H2,20,24)(H,21,22). The van der Waals surface area contributed by atoms with Gasteiger partial charge in [-0.15, -0.1) is 11.8 Å². The third-order valence-electron chi connectivity index (χ3n) is 3.52. The summed E-state index contributed by atoms with van der Waals surface area (Å²) < 4.78 is 4.98. The molecule has 0 aliphatic carbocycles. The van der Waals surface area contributed by atoms with Crippen LogP contribution in [0.15, 0.2) is 47.4 Å². The SMILES string of the molecule is Cc1ccc(C)c(SCC(=O)OCC(=O)Nc2ccccc2C(N)=O)c1. The average Bonchev–Trinajstić information content (AvgIpc) is 2.61. The molecule has 0 aliphatic heterocycles. The smallest absolute Gasteiger partial charge is 0.316 e. The molecule has 0 spiro atoms. The number of para-hydroxylation sites is 1. The van der Waals surface area contributed by atoms with Crippen molar-refractivity contribution in [3.8, 4) is 0 Å². The van der Waals surface area contributed by atoms with Crippen molar-refractivity contribution in [3.05, 3.63) is 59.2 Å². The summed E-state index contributed by atoms with van der Waals surface area (Å²) in [5.41, 5.74) is 7.92. The zero-order valence-corrected chi connectivity index (χ0v) is 15.4. The molecule has 3 N–H and O–H groups in total. The molecule has 0 bridgehead atoms. The molecule has 7 heteroatoms. The molecule has 0 heterocycles. The summed E-state index contributed by atoms with van der Waals surface area (Å²) in [6.07, 6.45) is 0. The van der Waals surface area contributed by atoms with Crippen LogP contribution in [0.25, 0.3) is 0 Å². The van der Waals surface area contributed by atoms with Gasteiger partial charge in [-0.2, -0.15) is 0 Å². The van der Waals surface area contributed by atoms with E-state index >= 15 is 0 Å². The lowest BCUT2D eigenvalue weighted by molar-refractivity contribution is -0.144. The van der Waals surface area contributed by atoms with E-state index in [0.717, 1.165) is 16.0 Å². The van der Waals surface area contributed by atoms with Crippen LogP contribution in [-0.4, -0.2) is 30.1 Å². The van der Waals surface area contributed by atoms with Crippen molar-refractivity contribution < 1.29 is 19.1 Å². The van der Waals surface area contributed by atoms with Crippen LogP contribution in [0.2, 0.25) is 0 Å². The summed E-state index contributed by atoms with van der Waals surface area (Å²) >= 11 is 1.36. The number of hydrogen-bond acceptors (Lipinski definition) is 5. The minimum absolute atomic E-state index is 0.107. The average molecular weight is 372 g/mol. The molecule has 2 aromatic carbocycles. The highest BCUT2D eigenvalue weighted by Gasteiger charge is 2.13. The van der Waals surface area contributed by atoms with Gasteiger partial charge in [-0.1, -0.05) is 29.8 Å². The molecule has 136 valence electrons. The van der Waals surface area contributed by atoms with Crippen molar-refractivity contribution in [2.24, 2.45) is 5.73 Å². The molecule has 0 aliphatic rings. The normalized spacial score (nSPS) is 10.2.